The van der Waals surface area contributed by atoms with E-state index in [0.29, 0.717) is 19.0 Å². The van der Waals surface area contributed by atoms with Gasteiger partial charge >= 0.3 is 0 Å². The molecule has 0 fully saturated rings. The molecule has 0 heterocycles. The van der Waals surface area contributed by atoms with Crippen LogP contribution >= 0.6 is 0 Å². The first-order chi connectivity index (χ1) is 12.2. The first-order valence-electron chi connectivity index (χ1n) is 7.83. The highest BCUT2D eigenvalue weighted by Crippen LogP contribution is 2.20. The van der Waals surface area contributed by atoms with E-state index in [1.165, 1.54) is 12.1 Å². The quantitative estimate of drug-likeness (QED) is 0.461. The molecule has 0 atom stereocenters. The Morgan fingerprint density at radius 1 is 0.680 bits per heavy atom. The number of non-ortho nitro benzene ring substituents is 1. The molecule has 0 saturated heterocycles. The summed E-state index contributed by atoms with van der Waals surface area (Å²) >= 11 is 0. The highest BCUT2D eigenvalue weighted by Gasteiger charge is 2.04. The molecule has 5 heteroatoms. The van der Waals surface area contributed by atoms with Crippen LogP contribution in [0, 0.1) is 10.1 Å². The maximum atomic E-state index is 10.6. The van der Waals surface area contributed by atoms with Crippen molar-refractivity contribution < 1.29 is 14.4 Å². The Labute approximate surface area is 145 Å². The van der Waals surface area contributed by atoms with Gasteiger partial charge in [0.25, 0.3) is 5.69 Å². The number of rotatable bonds is 7. The van der Waals surface area contributed by atoms with Gasteiger partial charge in [0.15, 0.2) is 0 Å². The topological polar surface area (TPSA) is 61.6 Å². The van der Waals surface area contributed by atoms with Crippen LogP contribution in [0.4, 0.5) is 5.69 Å². The summed E-state index contributed by atoms with van der Waals surface area (Å²) in [4.78, 5) is 10.2. The van der Waals surface area contributed by atoms with E-state index in [9.17, 15) is 10.1 Å². The van der Waals surface area contributed by atoms with Crippen LogP contribution in [0.15, 0.2) is 78.9 Å². The van der Waals surface area contributed by atoms with Crippen molar-refractivity contribution in [2.75, 3.05) is 0 Å². The third-order valence-corrected chi connectivity index (χ3v) is 3.62. The van der Waals surface area contributed by atoms with E-state index in [0.717, 1.165) is 16.9 Å². The summed E-state index contributed by atoms with van der Waals surface area (Å²) in [7, 11) is 0. The lowest BCUT2D eigenvalue weighted by Crippen LogP contribution is -1.97. The predicted molar refractivity (Wildman–Crippen MR) is 94.6 cm³/mol. The van der Waals surface area contributed by atoms with E-state index in [4.69, 9.17) is 9.47 Å². The first kappa shape index (κ1) is 16.5. The fourth-order valence-electron chi connectivity index (χ4n) is 2.25. The second kappa shape index (κ2) is 7.97. The second-order valence-corrected chi connectivity index (χ2v) is 5.46. The Morgan fingerprint density at radius 3 is 1.64 bits per heavy atom. The Balaban J connectivity index is 1.51. The van der Waals surface area contributed by atoms with E-state index in [1.54, 1.807) is 12.1 Å². The smallest absolute Gasteiger partial charge is 0.269 e. The molecule has 0 aliphatic heterocycles. The molecule has 0 aromatic heterocycles. The van der Waals surface area contributed by atoms with Crippen LogP contribution in [-0.2, 0) is 13.2 Å². The van der Waals surface area contributed by atoms with Gasteiger partial charge in [-0.25, -0.2) is 0 Å². The van der Waals surface area contributed by atoms with Gasteiger partial charge < -0.3 is 9.47 Å². The fourth-order valence-corrected chi connectivity index (χ4v) is 2.25. The molecule has 3 aromatic rings. The average Bonchev–Trinajstić information content (AvgIpc) is 2.67. The van der Waals surface area contributed by atoms with Gasteiger partial charge in [-0.15, -0.1) is 0 Å². The minimum absolute atomic E-state index is 0.0728. The number of hydrogen-bond donors (Lipinski definition) is 0. The van der Waals surface area contributed by atoms with Crippen molar-refractivity contribution >= 4 is 5.69 Å². The minimum atomic E-state index is -0.418. The third kappa shape index (κ3) is 4.81. The SMILES string of the molecule is O=[N+]([O-])c1ccc(COc2ccc(OCc3ccccc3)cc2)cc1. The summed E-state index contributed by atoms with van der Waals surface area (Å²) < 4.78 is 11.4. The molecule has 0 spiro atoms. The van der Waals surface area contributed by atoms with Crippen LogP contribution in [0.3, 0.4) is 0 Å². The summed E-state index contributed by atoms with van der Waals surface area (Å²) in [6.45, 7) is 0.867. The molecule has 5 nitrogen and oxygen atoms in total. The molecular formula is C20H17NO4. The minimum Gasteiger partial charge on any atom is -0.489 e. The Morgan fingerprint density at radius 2 is 1.16 bits per heavy atom. The predicted octanol–water partition coefficient (Wildman–Crippen LogP) is 4.75. The standard InChI is InChI=1S/C20H17NO4/c22-21(23)18-8-6-17(7-9-18)15-25-20-12-10-19(11-13-20)24-14-16-4-2-1-3-5-16/h1-13H,14-15H2. The molecule has 3 aromatic carbocycles. The highest BCUT2D eigenvalue weighted by atomic mass is 16.6. The monoisotopic (exact) mass is 335 g/mol. The van der Waals surface area contributed by atoms with Crippen LogP contribution in [0.2, 0.25) is 0 Å². The van der Waals surface area contributed by atoms with Crippen molar-refractivity contribution in [2.24, 2.45) is 0 Å². The third-order valence-electron chi connectivity index (χ3n) is 3.62. The van der Waals surface area contributed by atoms with Gasteiger partial charge in [0.2, 0.25) is 0 Å². The molecule has 0 bridgehead atoms. The van der Waals surface area contributed by atoms with Crippen molar-refractivity contribution in [3.05, 3.63) is 100 Å². The van der Waals surface area contributed by atoms with Gasteiger partial charge in [-0.05, 0) is 47.5 Å². The van der Waals surface area contributed by atoms with Crippen molar-refractivity contribution in [1.82, 2.24) is 0 Å². The average molecular weight is 335 g/mol. The van der Waals surface area contributed by atoms with E-state index < -0.39 is 4.92 Å². The maximum absolute atomic E-state index is 10.6. The van der Waals surface area contributed by atoms with Gasteiger partial charge in [-0.3, -0.25) is 10.1 Å². The molecule has 0 aliphatic rings. The molecule has 0 amide bonds. The second-order valence-electron chi connectivity index (χ2n) is 5.46. The number of nitro benzene ring substituents is 1. The van der Waals surface area contributed by atoms with E-state index >= 15 is 0 Å². The van der Waals surface area contributed by atoms with Crippen molar-refractivity contribution in [3.63, 3.8) is 0 Å². The number of ether oxygens (including phenoxy) is 2. The van der Waals surface area contributed by atoms with Crippen LogP contribution < -0.4 is 9.47 Å². The van der Waals surface area contributed by atoms with Crippen LogP contribution in [-0.4, -0.2) is 4.92 Å². The molecular weight excluding hydrogens is 318 g/mol. The van der Waals surface area contributed by atoms with Crippen molar-refractivity contribution in [2.45, 2.75) is 13.2 Å². The van der Waals surface area contributed by atoms with Crippen molar-refractivity contribution in [1.29, 1.82) is 0 Å². The van der Waals surface area contributed by atoms with E-state index in [-0.39, 0.29) is 5.69 Å². The van der Waals surface area contributed by atoms with Gasteiger partial charge in [0.1, 0.15) is 24.7 Å². The molecule has 0 radical (unpaired) electrons. The maximum Gasteiger partial charge on any atom is 0.269 e. The van der Waals surface area contributed by atoms with Gasteiger partial charge in [0, 0.05) is 12.1 Å². The van der Waals surface area contributed by atoms with Crippen LogP contribution in [0.1, 0.15) is 11.1 Å². The van der Waals surface area contributed by atoms with Gasteiger partial charge in [-0.1, -0.05) is 30.3 Å². The lowest BCUT2D eigenvalue weighted by atomic mass is 10.2. The first-order valence-corrected chi connectivity index (χ1v) is 7.83. The van der Waals surface area contributed by atoms with E-state index in [2.05, 4.69) is 0 Å². The van der Waals surface area contributed by atoms with Gasteiger partial charge in [-0.2, -0.15) is 0 Å². The zero-order chi connectivity index (χ0) is 17.5. The molecule has 3 rings (SSSR count). The fraction of sp³-hybridized carbons (Fsp3) is 0.100. The molecule has 126 valence electrons. The van der Waals surface area contributed by atoms with Crippen LogP contribution in [0.25, 0.3) is 0 Å². The normalized spacial score (nSPS) is 10.2. The molecule has 0 saturated carbocycles. The summed E-state index contributed by atoms with van der Waals surface area (Å²) in [5.74, 6) is 1.48. The molecule has 0 N–H and O–H groups in total. The summed E-state index contributed by atoms with van der Waals surface area (Å²) in [6.07, 6.45) is 0. The summed E-state index contributed by atoms with van der Waals surface area (Å²) in [5, 5.41) is 10.6. The lowest BCUT2D eigenvalue weighted by molar-refractivity contribution is -0.384. The Hall–Kier alpha value is -3.34. The Bertz CT molecular complexity index is 815. The zero-order valence-corrected chi connectivity index (χ0v) is 13.5. The van der Waals surface area contributed by atoms with E-state index in [1.807, 2.05) is 54.6 Å². The number of hydrogen-bond acceptors (Lipinski definition) is 4. The van der Waals surface area contributed by atoms with Crippen LogP contribution in [0.5, 0.6) is 11.5 Å². The van der Waals surface area contributed by atoms with Crippen molar-refractivity contribution in [3.8, 4) is 11.5 Å². The number of nitrogens with zero attached hydrogens (tertiary/aromatic N) is 1. The molecule has 25 heavy (non-hydrogen) atoms. The largest absolute Gasteiger partial charge is 0.489 e. The number of nitro groups is 1. The Kier molecular flexibility index (Phi) is 5.26. The lowest BCUT2D eigenvalue weighted by Gasteiger charge is -2.09. The zero-order valence-electron chi connectivity index (χ0n) is 13.5. The summed E-state index contributed by atoms with van der Waals surface area (Å²) in [5.41, 5.74) is 2.06. The van der Waals surface area contributed by atoms with Gasteiger partial charge in [0.05, 0.1) is 4.92 Å². The molecule has 0 unspecified atom stereocenters. The molecule has 0 aliphatic carbocycles. The highest BCUT2D eigenvalue weighted by molar-refractivity contribution is 5.34. The summed E-state index contributed by atoms with van der Waals surface area (Å²) in [6, 6.07) is 23.7. The number of benzene rings is 3.